The number of benzene rings is 2. The third-order valence-corrected chi connectivity index (χ3v) is 15.4. The quantitative estimate of drug-likeness (QED) is 0.132. The van der Waals surface area contributed by atoms with Gasteiger partial charge in [0.05, 0.1) is 0 Å². The van der Waals surface area contributed by atoms with Gasteiger partial charge in [-0.2, -0.15) is 0 Å². The Balaban J connectivity index is 1.19. The Bertz CT molecular complexity index is 1780. The summed E-state index contributed by atoms with van der Waals surface area (Å²) < 4.78 is 17.5. The van der Waals surface area contributed by atoms with Crippen LogP contribution in [0.2, 0.25) is 0 Å². The van der Waals surface area contributed by atoms with E-state index in [-0.39, 0.29) is 84.5 Å². The van der Waals surface area contributed by atoms with Crippen molar-refractivity contribution in [2.45, 2.75) is 129 Å². The van der Waals surface area contributed by atoms with Gasteiger partial charge < -0.3 is 35.3 Å². The van der Waals surface area contributed by atoms with E-state index in [0.29, 0.717) is 11.8 Å². The predicted octanol–water partition coefficient (Wildman–Crippen LogP) is 9.36. The Hall–Kier alpha value is -4.05. The second-order valence-electron chi connectivity index (χ2n) is 19.6. The molecule has 11 atom stereocenters. The zero-order valence-corrected chi connectivity index (χ0v) is 35.6. The molecule has 4 fully saturated rings. The fourth-order valence-corrected chi connectivity index (χ4v) is 12.9. The van der Waals surface area contributed by atoms with Crippen molar-refractivity contribution in [2.75, 3.05) is 19.8 Å². The lowest BCUT2D eigenvalue weighted by Crippen LogP contribution is -2.67. The summed E-state index contributed by atoms with van der Waals surface area (Å²) in [5, 5.41) is 19.9. The zero-order chi connectivity index (χ0) is 41.4. The molecule has 4 saturated carbocycles. The first-order valence-electron chi connectivity index (χ1n) is 21.9. The highest BCUT2D eigenvalue weighted by molar-refractivity contribution is 5.79. The maximum absolute atomic E-state index is 14.2. The fourth-order valence-electron chi connectivity index (χ4n) is 12.9. The van der Waals surface area contributed by atoms with Gasteiger partial charge in [-0.1, -0.05) is 82.0 Å². The van der Waals surface area contributed by atoms with Crippen LogP contribution in [0.1, 0.15) is 116 Å². The number of hydrogen-bond donors (Lipinski definition) is 4. The molecule has 0 aliphatic heterocycles. The van der Waals surface area contributed by atoms with E-state index in [1.165, 1.54) is 22.3 Å². The number of aliphatic hydroxyl groups is 1. The summed E-state index contributed by atoms with van der Waals surface area (Å²) in [5.41, 5.74) is 3.76. The first-order chi connectivity index (χ1) is 27.7. The molecule has 4 N–H and O–H groups in total. The first kappa shape index (κ1) is 42.1. The van der Waals surface area contributed by atoms with Crippen molar-refractivity contribution in [1.29, 1.82) is 0 Å². The molecule has 7 rings (SSSR count). The number of nitrogens with one attached hydrogen (secondary N) is 3. The van der Waals surface area contributed by atoms with Crippen LogP contribution in [0.4, 0.5) is 14.4 Å². The minimum Gasteiger partial charge on any atom is -0.449 e. The second-order valence-corrected chi connectivity index (χ2v) is 19.6. The topological polar surface area (TPSA) is 135 Å². The van der Waals surface area contributed by atoms with Gasteiger partial charge in [0.15, 0.2) is 0 Å². The van der Waals surface area contributed by atoms with Crippen molar-refractivity contribution >= 4 is 18.3 Å². The molecule has 5 aliphatic rings. The fraction of sp³-hybridized carbons (Fsp3) is 0.646. The average molecular weight is 798 g/mol. The monoisotopic (exact) mass is 797 g/mol. The van der Waals surface area contributed by atoms with Crippen molar-refractivity contribution in [1.82, 2.24) is 16.0 Å². The van der Waals surface area contributed by atoms with Gasteiger partial charge in [-0.05, 0) is 147 Å². The van der Waals surface area contributed by atoms with Crippen molar-refractivity contribution in [2.24, 2.45) is 46.3 Å². The number of hydrogen-bond acceptors (Lipinski definition) is 7. The summed E-state index contributed by atoms with van der Waals surface area (Å²) in [6.45, 7) is 17.0. The third-order valence-electron chi connectivity index (χ3n) is 15.4. The lowest BCUT2D eigenvalue weighted by Gasteiger charge is -2.65. The number of amides is 3. The zero-order valence-electron chi connectivity index (χ0n) is 35.6. The molecule has 316 valence electrons. The molecule has 2 aromatic carbocycles. The molecule has 10 heteroatoms. The van der Waals surface area contributed by atoms with Crippen LogP contribution in [0, 0.1) is 46.3 Å². The van der Waals surface area contributed by atoms with Crippen LogP contribution in [0.15, 0.2) is 61.2 Å². The van der Waals surface area contributed by atoms with E-state index in [2.05, 4.69) is 79.7 Å². The molecule has 2 aromatic rings. The largest absolute Gasteiger partial charge is 0.449 e. The molecule has 0 saturated heterocycles. The third kappa shape index (κ3) is 8.11. The minimum absolute atomic E-state index is 0.0415. The molecular formula is C48H67N3O7. The number of aliphatic hydroxyl groups excluding tert-OH is 1. The van der Waals surface area contributed by atoms with Crippen LogP contribution in [0.5, 0.6) is 0 Å². The molecule has 3 amide bonds. The Morgan fingerprint density at radius 3 is 2.21 bits per heavy atom. The predicted molar refractivity (Wildman–Crippen MR) is 225 cm³/mol. The standard InChI is InChI=1S/C48H67N3O7/c1-8-24-56-43(53)49-31-21-22-47(6)30(25-31)26-40(50-44(54)57-28-36-34-17-11-9-15-32(34)33-16-10-12-18-35(33)36)42-38-20-19-37(29(2)14-13-23-52)48(38,7)41(27-39(42)47)51-45(55)58-46(3,4)5/h8-12,15-18,29-31,36-42,52H,1,13-14,19-28H2,2-7H3,(H,49,53)(H,50,54)(H,51,55)/t29-,30+,31-,37-,38+,39+,40-,41+,42+,47+,48-/m1/s1. The van der Waals surface area contributed by atoms with Gasteiger partial charge in [-0.25, -0.2) is 14.4 Å². The Morgan fingerprint density at radius 1 is 0.879 bits per heavy atom. The van der Waals surface area contributed by atoms with E-state index < -0.39 is 17.8 Å². The van der Waals surface area contributed by atoms with E-state index in [1.54, 1.807) is 6.08 Å². The summed E-state index contributed by atoms with van der Waals surface area (Å²) in [6, 6.07) is 16.4. The maximum atomic E-state index is 14.2. The minimum atomic E-state index is -0.636. The summed E-state index contributed by atoms with van der Waals surface area (Å²) in [6.07, 6.45) is 8.13. The van der Waals surface area contributed by atoms with Gasteiger partial charge in [0.25, 0.3) is 0 Å². The SMILES string of the molecule is C=CCOC(=O)N[C@@H]1CC[C@@]2(C)[C@@H](C1)C[C@@H](NC(=O)OCC1c3ccccc3-c3ccccc31)[C@@H]1[C@@H]2C[C@H](NC(=O)OC(C)(C)C)[C@]2(C)[C@@H]([C@H](C)CCCO)CC[C@@H]12. The molecule has 0 bridgehead atoms. The number of alkyl carbamates (subject to hydrolysis) is 3. The molecule has 58 heavy (non-hydrogen) atoms. The van der Waals surface area contributed by atoms with E-state index in [1.807, 2.05) is 32.9 Å². The van der Waals surface area contributed by atoms with Gasteiger partial charge >= 0.3 is 18.3 Å². The molecule has 10 nitrogen and oxygen atoms in total. The maximum Gasteiger partial charge on any atom is 0.407 e. The van der Waals surface area contributed by atoms with E-state index >= 15 is 0 Å². The van der Waals surface area contributed by atoms with Crippen LogP contribution < -0.4 is 16.0 Å². The summed E-state index contributed by atoms with van der Waals surface area (Å²) in [7, 11) is 0. The van der Waals surface area contributed by atoms with Crippen LogP contribution >= 0.6 is 0 Å². The van der Waals surface area contributed by atoms with Crippen molar-refractivity contribution in [3.8, 4) is 11.1 Å². The number of carbonyl (C=O) groups is 3. The normalized spacial score (nSPS) is 32.9. The van der Waals surface area contributed by atoms with E-state index in [0.717, 1.165) is 57.8 Å². The summed E-state index contributed by atoms with van der Waals surface area (Å²) in [5.74, 6) is 1.44. The number of carbonyl (C=O) groups excluding carboxylic acids is 3. The van der Waals surface area contributed by atoms with Gasteiger partial charge in [0.2, 0.25) is 0 Å². The van der Waals surface area contributed by atoms with Crippen molar-refractivity contribution in [3.05, 3.63) is 72.3 Å². The van der Waals surface area contributed by atoms with Crippen LogP contribution in [-0.4, -0.2) is 66.9 Å². The van der Waals surface area contributed by atoms with Crippen LogP contribution in [0.3, 0.4) is 0 Å². The molecule has 0 unspecified atom stereocenters. The van der Waals surface area contributed by atoms with Gasteiger partial charge in [0, 0.05) is 30.7 Å². The molecule has 0 heterocycles. The smallest absolute Gasteiger partial charge is 0.407 e. The second kappa shape index (κ2) is 16.9. The van der Waals surface area contributed by atoms with E-state index in [9.17, 15) is 19.5 Å². The van der Waals surface area contributed by atoms with Gasteiger partial charge in [0.1, 0.15) is 18.8 Å². The Kier molecular flexibility index (Phi) is 12.3. The summed E-state index contributed by atoms with van der Waals surface area (Å²) >= 11 is 0. The molecular weight excluding hydrogens is 731 g/mol. The highest BCUT2D eigenvalue weighted by atomic mass is 16.6. The average Bonchev–Trinajstić information content (AvgIpc) is 3.70. The van der Waals surface area contributed by atoms with Crippen LogP contribution in [-0.2, 0) is 14.2 Å². The number of ether oxygens (including phenoxy) is 3. The Morgan fingerprint density at radius 2 is 1.55 bits per heavy atom. The lowest BCUT2D eigenvalue weighted by atomic mass is 9.42. The van der Waals surface area contributed by atoms with Gasteiger partial charge in [-0.15, -0.1) is 0 Å². The summed E-state index contributed by atoms with van der Waals surface area (Å²) in [4.78, 5) is 40.6. The highest BCUT2D eigenvalue weighted by Crippen LogP contribution is 2.68. The number of fused-ring (bicyclic) bond motifs is 8. The van der Waals surface area contributed by atoms with E-state index in [4.69, 9.17) is 14.2 Å². The van der Waals surface area contributed by atoms with Crippen molar-refractivity contribution in [3.63, 3.8) is 0 Å². The lowest BCUT2D eigenvalue weighted by molar-refractivity contribution is -0.142. The molecule has 0 radical (unpaired) electrons. The van der Waals surface area contributed by atoms with Crippen molar-refractivity contribution < 1.29 is 33.7 Å². The first-order valence-corrected chi connectivity index (χ1v) is 21.9. The highest BCUT2D eigenvalue weighted by Gasteiger charge is 2.66. The van der Waals surface area contributed by atoms with Gasteiger partial charge in [-0.3, -0.25) is 0 Å². The molecule has 0 aromatic heterocycles. The van der Waals surface area contributed by atoms with Crippen LogP contribution in [0.25, 0.3) is 11.1 Å². The number of rotatable bonds is 11. The molecule has 5 aliphatic carbocycles. The molecule has 0 spiro atoms. The Labute approximate surface area is 345 Å².